The summed E-state index contributed by atoms with van der Waals surface area (Å²) in [6.07, 6.45) is 1.21. The van der Waals surface area contributed by atoms with Crippen molar-refractivity contribution in [2.45, 2.75) is 26.7 Å². The minimum atomic E-state index is -0.0422. The van der Waals surface area contributed by atoms with Crippen molar-refractivity contribution in [2.24, 2.45) is 0 Å². The number of nitrogens with zero attached hydrogens (tertiary/aromatic N) is 2. The third-order valence-corrected chi connectivity index (χ3v) is 4.02. The predicted molar refractivity (Wildman–Crippen MR) is 84.9 cm³/mol. The molecule has 0 spiro atoms. The average molecular weight is 304 g/mol. The van der Waals surface area contributed by atoms with Crippen molar-refractivity contribution in [1.82, 2.24) is 9.80 Å². The third kappa shape index (κ3) is 3.78. The molecule has 0 N–H and O–H groups in total. The Morgan fingerprint density at radius 2 is 1.91 bits per heavy atom. The molecule has 0 aromatic heterocycles. The zero-order chi connectivity index (χ0) is 16.1. The summed E-state index contributed by atoms with van der Waals surface area (Å²) in [5, 5.41) is 0. The van der Waals surface area contributed by atoms with Crippen molar-refractivity contribution < 1.29 is 14.3 Å². The van der Waals surface area contributed by atoms with Gasteiger partial charge in [-0.25, -0.2) is 0 Å². The molecule has 2 rings (SSSR count). The van der Waals surface area contributed by atoms with Crippen LogP contribution in [0.1, 0.15) is 25.0 Å². The van der Waals surface area contributed by atoms with E-state index in [1.165, 1.54) is 4.90 Å². The van der Waals surface area contributed by atoms with Crippen LogP contribution in [-0.4, -0.2) is 54.9 Å². The fourth-order valence-electron chi connectivity index (χ4n) is 2.63. The molecule has 0 saturated heterocycles. The van der Waals surface area contributed by atoms with E-state index in [1.807, 2.05) is 32.0 Å². The first kappa shape index (κ1) is 16.3. The largest absolute Gasteiger partial charge is 0.493 e. The second-order valence-corrected chi connectivity index (χ2v) is 5.53. The summed E-state index contributed by atoms with van der Waals surface area (Å²) in [4.78, 5) is 27.5. The molecule has 0 aliphatic carbocycles. The van der Waals surface area contributed by atoms with E-state index in [0.717, 1.165) is 23.3 Å². The molecule has 1 aliphatic heterocycles. The van der Waals surface area contributed by atoms with E-state index in [9.17, 15) is 9.59 Å². The van der Waals surface area contributed by atoms with E-state index in [1.54, 1.807) is 11.9 Å². The Labute approximate surface area is 131 Å². The molecular weight excluding hydrogens is 280 g/mol. The number of ether oxygens (including phenoxy) is 1. The zero-order valence-electron chi connectivity index (χ0n) is 13.6. The molecule has 0 radical (unpaired) electrons. The summed E-state index contributed by atoms with van der Waals surface area (Å²) in [5.74, 6) is 0.865. The lowest BCUT2D eigenvalue weighted by Gasteiger charge is -2.23. The maximum absolute atomic E-state index is 12.3. The highest BCUT2D eigenvalue weighted by molar-refractivity contribution is 5.85. The van der Waals surface area contributed by atoms with Gasteiger partial charge in [0.2, 0.25) is 11.8 Å². The summed E-state index contributed by atoms with van der Waals surface area (Å²) in [6, 6.07) is 5.87. The van der Waals surface area contributed by atoms with Gasteiger partial charge in [-0.1, -0.05) is 12.1 Å². The number of carbonyl (C=O) groups excluding carboxylic acids is 2. The smallest absolute Gasteiger partial charge is 0.242 e. The number of hydrogen-bond acceptors (Lipinski definition) is 3. The molecule has 5 nitrogen and oxygen atoms in total. The first-order valence-corrected chi connectivity index (χ1v) is 7.81. The van der Waals surface area contributed by atoms with Crippen molar-refractivity contribution in [3.8, 4) is 5.75 Å². The van der Waals surface area contributed by atoms with Gasteiger partial charge in [0.05, 0.1) is 19.6 Å². The summed E-state index contributed by atoms with van der Waals surface area (Å²) in [7, 11) is 1.68. The van der Waals surface area contributed by atoms with Crippen molar-refractivity contribution in [3.63, 3.8) is 0 Å². The van der Waals surface area contributed by atoms with Gasteiger partial charge in [0.15, 0.2) is 0 Å². The quantitative estimate of drug-likeness (QED) is 0.800. The minimum Gasteiger partial charge on any atom is -0.493 e. The van der Waals surface area contributed by atoms with E-state index in [-0.39, 0.29) is 18.4 Å². The van der Waals surface area contributed by atoms with Crippen LogP contribution < -0.4 is 4.74 Å². The van der Waals surface area contributed by atoms with E-state index >= 15 is 0 Å². The summed E-state index contributed by atoms with van der Waals surface area (Å²) in [6.45, 7) is 6.07. The molecule has 5 heteroatoms. The van der Waals surface area contributed by atoms with Gasteiger partial charge in [0, 0.05) is 26.6 Å². The molecule has 0 atom stereocenters. The predicted octanol–water partition coefficient (Wildman–Crippen LogP) is 1.49. The van der Waals surface area contributed by atoms with Gasteiger partial charge in [0.25, 0.3) is 0 Å². The first-order chi connectivity index (χ1) is 10.5. The van der Waals surface area contributed by atoms with Crippen LogP contribution >= 0.6 is 0 Å². The highest BCUT2D eigenvalue weighted by Gasteiger charge is 2.18. The lowest BCUT2D eigenvalue weighted by atomic mass is 10.1. The Morgan fingerprint density at radius 3 is 2.59 bits per heavy atom. The van der Waals surface area contributed by atoms with Gasteiger partial charge >= 0.3 is 0 Å². The maximum atomic E-state index is 12.3. The molecule has 1 heterocycles. The number of amides is 2. The van der Waals surface area contributed by atoms with E-state index in [0.29, 0.717) is 26.1 Å². The fraction of sp³-hybridized carbons (Fsp3) is 0.529. The number of fused-ring (bicyclic) bond motifs is 1. The zero-order valence-corrected chi connectivity index (χ0v) is 13.6. The molecular formula is C17H24N2O3. The molecule has 0 unspecified atom stereocenters. The van der Waals surface area contributed by atoms with Crippen LogP contribution in [0, 0.1) is 0 Å². The molecule has 1 aromatic carbocycles. The van der Waals surface area contributed by atoms with Gasteiger partial charge in [-0.15, -0.1) is 0 Å². The summed E-state index contributed by atoms with van der Waals surface area (Å²) >= 11 is 0. The van der Waals surface area contributed by atoms with Crippen molar-refractivity contribution in [2.75, 3.05) is 33.3 Å². The number of hydrogen-bond donors (Lipinski definition) is 0. The Morgan fingerprint density at radius 1 is 1.18 bits per heavy atom. The fourth-order valence-corrected chi connectivity index (χ4v) is 2.63. The average Bonchev–Trinajstić information content (AvgIpc) is 2.95. The molecule has 1 aliphatic rings. The number of likely N-dealkylation sites (N-methyl/N-ethyl adjacent to an activating group) is 2. The van der Waals surface area contributed by atoms with Gasteiger partial charge < -0.3 is 14.5 Å². The van der Waals surface area contributed by atoms with Crippen LogP contribution in [0.2, 0.25) is 0 Å². The van der Waals surface area contributed by atoms with Gasteiger partial charge in [-0.2, -0.15) is 0 Å². The molecule has 0 saturated carbocycles. The van der Waals surface area contributed by atoms with E-state index < -0.39 is 0 Å². The monoisotopic (exact) mass is 304 g/mol. The first-order valence-electron chi connectivity index (χ1n) is 7.81. The Kier molecular flexibility index (Phi) is 5.41. The highest BCUT2D eigenvalue weighted by atomic mass is 16.5. The second kappa shape index (κ2) is 7.29. The molecule has 0 fully saturated rings. The maximum Gasteiger partial charge on any atom is 0.242 e. The Bertz CT molecular complexity index is 553. The summed E-state index contributed by atoms with van der Waals surface area (Å²) in [5.41, 5.74) is 2.13. The van der Waals surface area contributed by atoms with Gasteiger partial charge in [-0.3, -0.25) is 9.59 Å². The standard InChI is InChI=1S/C17H24N2O3/c1-4-19(5-2)17(21)12-18(3)16(20)11-13-6-7-15-14(10-13)8-9-22-15/h6-7,10H,4-5,8-9,11-12H2,1-3H3. The van der Waals surface area contributed by atoms with Crippen LogP contribution in [0.5, 0.6) is 5.75 Å². The normalized spacial score (nSPS) is 12.5. The molecule has 120 valence electrons. The highest BCUT2D eigenvalue weighted by Crippen LogP contribution is 2.26. The lowest BCUT2D eigenvalue weighted by molar-refractivity contribution is -0.138. The van der Waals surface area contributed by atoms with Crippen LogP contribution in [0.25, 0.3) is 0 Å². The van der Waals surface area contributed by atoms with E-state index in [2.05, 4.69) is 0 Å². The molecule has 1 aromatic rings. The molecule has 0 bridgehead atoms. The van der Waals surface area contributed by atoms with Gasteiger partial charge in [0.1, 0.15) is 5.75 Å². The van der Waals surface area contributed by atoms with Crippen LogP contribution in [-0.2, 0) is 22.4 Å². The third-order valence-electron chi connectivity index (χ3n) is 4.02. The topological polar surface area (TPSA) is 49.9 Å². The second-order valence-electron chi connectivity index (χ2n) is 5.53. The molecule has 22 heavy (non-hydrogen) atoms. The minimum absolute atomic E-state index is 0.0109. The van der Waals surface area contributed by atoms with Crippen LogP contribution in [0.3, 0.4) is 0 Å². The van der Waals surface area contributed by atoms with Crippen LogP contribution in [0.4, 0.5) is 0 Å². The van der Waals surface area contributed by atoms with E-state index in [4.69, 9.17) is 4.74 Å². The number of carbonyl (C=O) groups is 2. The molecule has 2 amide bonds. The van der Waals surface area contributed by atoms with Crippen LogP contribution in [0.15, 0.2) is 18.2 Å². The lowest BCUT2D eigenvalue weighted by Crippen LogP contribution is -2.41. The van der Waals surface area contributed by atoms with Gasteiger partial charge in [-0.05, 0) is 31.0 Å². The number of rotatable bonds is 6. The summed E-state index contributed by atoms with van der Waals surface area (Å²) < 4.78 is 5.46. The number of benzene rings is 1. The van der Waals surface area contributed by atoms with Crippen molar-refractivity contribution in [3.05, 3.63) is 29.3 Å². The Hall–Kier alpha value is -2.04. The Balaban J connectivity index is 1.92. The van der Waals surface area contributed by atoms with Crippen molar-refractivity contribution in [1.29, 1.82) is 0 Å². The SMILES string of the molecule is CCN(CC)C(=O)CN(C)C(=O)Cc1ccc2c(c1)CCO2. The van der Waals surface area contributed by atoms with Crippen molar-refractivity contribution >= 4 is 11.8 Å².